The molecule has 0 N–H and O–H groups in total. The first kappa shape index (κ1) is 23.2. The van der Waals surface area contributed by atoms with Crippen LogP contribution in [0.5, 0.6) is 23.0 Å². The number of hydrogen-bond acceptors (Lipinski definition) is 6. The lowest BCUT2D eigenvalue weighted by Gasteiger charge is -2.22. The number of hydrogen-bond donors (Lipinski definition) is 0. The molecule has 190 valence electrons. The number of ether oxygens (including phenoxy) is 4. The summed E-state index contributed by atoms with van der Waals surface area (Å²) in [5.41, 5.74) is 2.85. The third kappa shape index (κ3) is 4.67. The highest BCUT2D eigenvalue weighted by molar-refractivity contribution is 5.97. The van der Waals surface area contributed by atoms with Gasteiger partial charge in [-0.3, -0.25) is 4.79 Å². The third-order valence-electron chi connectivity index (χ3n) is 6.87. The Kier molecular flexibility index (Phi) is 6.30. The Hall–Kier alpha value is -4.20. The topological polar surface area (TPSA) is 75.1 Å². The van der Waals surface area contributed by atoms with E-state index in [4.69, 9.17) is 23.9 Å². The van der Waals surface area contributed by atoms with E-state index in [1.54, 1.807) is 7.11 Å². The van der Waals surface area contributed by atoms with E-state index in [0.717, 1.165) is 52.8 Å². The Morgan fingerprint density at radius 3 is 2.59 bits per heavy atom. The van der Waals surface area contributed by atoms with Crippen LogP contribution >= 0.6 is 0 Å². The monoisotopic (exact) mass is 499 g/mol. The standard InChI is InChI=1S/C29H29N3O5/c1-34-22-8-10-23(11-9-22)35-14-4-13-31-25-6-3-2-5-24(25)30-29(31)20-17-28(33)32(19-20)21-7-12-26-27(18-21)37-16-15-36-26/h2-3,5-12,18,20H,4,13-17,19H2,1H3. The van der Waals surface area contributed by atoms with Crippen molar-refractivity contribution in [2.75, 3.05) is 38.4 Å². The number of amides is 1. The smallest absolute Gasteiger partial charge is 0.227 e. The molecule has 6 rings (SSSR count). The molecule has 3 heterocycles. The van der Waals surface area contributed by atoms with E-state index in [2.05, 4.69) is 10.6 Å². The number of aromatic nitrogens is 2. The predicted octanol–water partition coefficient (Wildman–Crippen LogP) is 4.81. The lowest BCUT2D eigenvalue weighted by atomic mass is 10.1. The van der Waals surface area contributed by atoms with Gasteiger partial charge < -0.3 is 28.4 Å². The van der Waals surface area contributed by atoms with Crippen molar-refractivity contribution in [2.45, 2.75) is 25.3 Å². The second kappa shape index (κ2) is 10.0. The van der Waals surface area contributed by atoms with Crippen molar-refractivity contribution in [3.8, 4) is 23.0 Å². The van der Waals surface area contributed by atoms with Crippen molar-refractivity contribution >= 4 is 22.6 Å². The average Bonchev–Trinajstić information content (AvgIpc) is 3.51. The molecular formula is C29H29N3O5. The molecule has 1 amide bonds. The number of anilines is 1. The summed E-state index contributed by atoms with van der Waals surface area (Å²) in [6.07, 6.45) is 1.23. The van der Waals surface area contributed by atoms with Gasteiger partial charge in [0.15, 0.2) is 11.5 Å². The minimum atomic E-state index is -0.00407. The van der Waals surface area contributed by atoms with Gasteiger partial charge in [0.1, 0.15) is 30.5 Å². The minimum Gasteiger partial charge on any atom is -0.497 e. The Bertz CT molecular complexity index is 1420. The predicted molar refractivity (Wildman–Crippen MR) is 140 cm³/mol. The summed E-state index contributed by atoms with van der Waals surface area (Å²) in [5.74, 6) is 4.05. The summed E-state index contributed by atoms with van der Waals surface area (Å²) in [6, 6.07) is 21.4. The zero-order valence-corrected chi connectivity index (χ0v) is 20.8. The molecule has 1 fully saturated rings. The van der Waals surface area contributed by atoms with Gasteiger partial charge in [0, 0.05) is 37.2 Å². The number of carbonyl (C=O) groups excluding carboxylic acids is 1. The van der Waals surface area contributed by atoms with Gasteiger partial charge in [-0.1, -0.05) is 12.1 Å². The fourth-order valence-electron chi connectivity index (χ4n) is 5.06. The lowest BCUT2D eigenvalue weighted by molar-refractivity contribution is -0.117. The fourth-order valence-corrected chi connectivity index (χ4v) is 5.06. The molecule has 1 atom stereocenters. The van der Waals surface area contributed by atoms with Gasteiger partial charge in [0.2, 0.25) is 5.91 Å². The number of rotatable bonds is 8. The normalized spacial score (nSPS) is 16.8. The fraction of sp³-hybridized carbons (Fsp3) is 0.310. The van der Waals surface area contributed by atoms with Gasteiger partial charge in [0.05, 0.1) is 24.8 Å². The highest BCUT2D eigenvalue weighted by Gasteiger charge is 2.35. The number of aryl methyl sites for hydroxylation is 1. The van der Waals surface area contributed by atoms with Crippen LogP contribution in [0, 0.1) is 0 Å². The summed E-state index contributed by atoms with van der Waals surface area (Å²) in [6.45, 7) is 2.95. The van der Waals surface area contributed by atoms with Crippen molar-refractivity contribution in [1.82, 2.24) is 9.55 Å². The molecule has 8 heteroatoms. The number of benzene rings is 3. The number of imidazole rings is 1. The maximum atomic E-state index is 13.1. The van der Waals surface area contributed by atoms with Gasteiger partial charge in [-0.15, -0.1) is 0 Å². The number of methoxy groups -OCH3 is 1. The van der Waals surface area contributed by atoms with E-state index >= 15 is 0 Å². The van der Waals surface area contributed by atoms with Crippen LogP contribution in [0.2, 0.25) is 0 Å². The molecule has 0 saturated carbocycles. The molecule has 8 nitrogen and oxygen atoms in total. The van der Waals surface area contributed by atoms with Crippen LogP contribution < -0.4 is 23.8 Å². The molecule has 1 aromatic heterocycles. The van der Waals surface area contributed by atoms with Gasteiger partial charge >= 0.3 is 0 Å². The van der Waals surface area contributed by atoms with Crippen LogP contribution in [-0.4, -0.2) is 48.9 Å². The maximum Gasteiger partial charge on any atom is 0.227 e. The molecule has 1 unspecified atom stereocenters. The first-order valence-corrected chi connectivity index (χ1v) is 12.6. The molecule has 1 saturated heterocycles. The van der Waals surface area contributed by atoms with E-state index in [1.807, 2.05) is 65.6 Å². The van der Waals surface area contributed by atoms with Crippen molar-refractivity contribution in [2.24, 2.45) is 0 Å². The molecule has 3 aromatic carbocycles. The van der Waals surface area contributed by atoms with Crippen molar-refractivity contribution in [3.63, 3.8) is 0 Å². The van der Waals surface area contributed by atoms with Crippen LogP contribution in [0.15, 0.2) is 66.7 Å². The summed E-state index contributed by atoms with van der Waals surface area (Å²) in [5, 5.41) is 0. The first-order valence-electron chi connectivity index (χ1n) is 12.6. The van der Waals surface area contributed by atoms with Crippen LogP contribution in [0.4, 0.5) is 5.69 Å². The minimum absolute atomic E-state index is 0.00407. The van der Waals surface area contributed by atoms with Crippen LogP contribution in [0.3, 0.4) is 0 Å². The zero-order chi connectivity index (χ0) is 25.2. The highest BCUT2D eigenvalue weighted by Crippen LogP contribution is 2.38. The van der Waals surface area contributed by atoms with Crippen LogP contribution in [-0.2, 0) is 11.3 Å². The first-order chi connectivity index (χ1) is 18.2. The molecular weight excluding hydrogens is 470 g/mol. The van der Waals surface area contributed by atoms with Gasteiger partial charge in [-0.2, -0.15) is 0 Å². The van der Waals surface area contributed by atoms with Crippen molar-refractivity contribution in [1.29, 1.82) is 0 Å². The summed E-state index contributed by atoms with van der Waals surface area (Å²) in [7, 11) is 1.65. The molecule has 0 spiro atoms. The van der Waals surface area contributed by atoms with Crippen molar-refractivity contribution < 1.29 is 23.7 Å². The molecule has 0 aliphatic carbocycles. The SMILES string of the molecule is COc1ccc(OCCCn2c(C3CC(=O)N(c4ccc5c(c4)OCCO5)C3)nc3ccccc32)cc1. The second-order valence-electron chi connectivity index (χ2n) is 9.22. The Morgan fingerprint density at radius 2 is 1.76 bits per heavy atom. The molecule has 2 aliphatic rings. The summed E-state index contributed by atoms with van der Waals surface area (Å²) >= 11 is 0. The van der Waals surface area contributed by atoms with E-state index in [-0.39, 0.29) is 11.8 Å². The van der Waals surface area contributed by atoms with Crippen LogP contribution in [0.25, 0.3) is 11.0 Å². The number of fused-ring (bicyclic) bond motifs is 2. The molecule has 0 radical (unpaired) electrons. The molecule has 2 aliphatic heterocycles. The number of para-hydroxylation sites is 2. The molecule has 0 bridgehead atoms. The number of nitrogens with zero attached hydrogens (tertiary/aromatic N) is 3. The Labute approximate surface area is 215 Å². The van der Waals surface area contributed by atoms with Gasteiger partial charge in [-0.05, 0) is 55.0 Å². The van der Waals surface area contributed by atoms with Crippen LogP contribution in [0.1, 0.15) is 24.6 Å². The molecule has 4 aromatic rings. The largest absolute Gasteiger partial charge is 0.497 e. The highest BCUT2D eigenvalue weighted by atomic mass is 16.6. The van der Waals surface area contributed by atoms with Gasteiger partial charge in [0.25, 0.3) is 0 Å². The zero-order valence-electron chi connectivity index (χ0n) is 20.8. The number of carbonyl (C=O) groups is 1. The van der Waals surface area contributed by atoms with E-state index < -0.39 is 0 Å². The van der Waals surface area contributed by atoms with E-state index in [0.29, 0.717) is 38.5 Å². The molecule has 37 heavy (non-hydrogen) atoms. The maximum absolute atomic E-state index is 13.1. The second-order valence-corrected chi connectivity index (χ2v) is 9.22. The quantitative estimate of drug-likeness (QED) is 0.324. The summed E-state index contributed by atoms with van der Waals surface area (Å²) in [4.78, 5) is 19.9. The third-order valence-corrected chi connectivity index (χ3v) is 6.87. The lowest BCUT2D eigenvalue weighted by Crippen LogP contribution is -2.25. The van der Waals surface area contributed by atoms with Crippen molar-refractivity contribution in [3.05, 3.63) is 72.6 Å². The van der Waals surface area contributed by atoms with E-state index in [1.165, 1.54) is 0 Å². The average molecular weight is 500 g/mol. The summed E-state index contributed by atoms with van der Waals surface area (Å²) < 4.78 is 24.8. The van der Waals surface area contributed by atoms with Gasteiger partial charge in [-0.25, -0.2) is 4.98 Å². The Morgan fingerprint density at radius 1 is 0.973 bits per heavy atom. The Balaban J connectivity index is 1.19. The van der Waals surface area contributed by atoms with E-state index in [9.17, 15) is 4.79 Å².